The quantitative estimate of drug-likeness (QED) is 0.386. The Labute approximate surface area is 208 Å². The van der Waals surface area contributed by atoms with Crippen LogP contribution in [0.3, 0.4) is 0 Å². The zero-order valence-electron chi connectivity index (χ0n) is 19.6. The molecule has 8 nitrogen and oxygen atoms in total. The van der Waals surface area contributed by atoms with Gasteiger partial charge in [-0.2, -0.15) is 0 Å². The number of nitrogens with one attached hydrogen (secondary N) is 2. The number of rotatable bonds is 7. The van der Waals surface area contributed by atoms with E-state index in [1.807, 2.05) is 30.3 Å². The maximum atomic E-state index is 13.3. The van der Waals surface area contributed by atoms with E-state index in [2.05, 4.69) is 10.6 Å². The number of para-hydroxylation sites is 2. The van der Waals surface area contributed by atoms with Crippen LogP contribution in [0.15, 0.2) is 84.9 Å². The first kappa shape index (κ1) is 24.4. The Hall–Kier alpha value is -4.72. The summed E-state index contributed by atoms with van der Waals surface area (Å²) in [5.41, 5.74) is 2.65. The van der Waals surface area contributed by atoms with E-state index >= 15 is 0 Å². The van der Waals surface area contributed by atoms with Crippen LogP contribution in [-0.4, -0.2) is 36.3 Å². The average Bonchev–Trinajstić information content (AvgIpc) is 2.89. The van der Waals surface area contributed by atoms with Crippen LogP contribution >= 0.6 is 0 Å². The van der Waals surface area contributed by atoms with Crippen molar-refractivity contribution < 1.29 is 23.9 Å². The normalized spacial score (nSPS) is 14.6. The fourth-order valence-corrected chi connectivity index (χ4v) is 3.85. The van der Waals surface area contributed by atoms with Crippen LogP contribution in [0.4, 0.5) is 17.1 Å². The highest BCUT2D eigenvalue weighted by Gasteiger charge is 2.37. The maximum absolute atomic E-state index is 13.3. The highest BCUT2D eigenvalue weighted by atomic mass is 16.5. The Bertz CT molecular complexity index is 1300. The molecule has 1 heterocycles. The number of ether oxygens (including phenoxy) is 1. The molecule has 8 heteroatoms. The van der Waals surface area contributed by atoms with Crippen molar-refractivity contribution in [2.45, 2.75) is 19.4 Å². The van der Waals surface area contributed by atoms with Crippen molar-refractivity contribution in [3.8, 4) is 0 Å². The minimum Gasteiger partial charge on any atom is -0.462 e. The molecule has 0 aromatic heterocycles. The third-order valence-electron chi connectivity index (χ3n) is 5.55. The fourth-order valence-electron chi connectivity index (χ4n) is 3.85. The monoisotopic (exact) mass is 483 g/mol. The van der Waals surface area contributed by atoms with Gasteiger partial charge in [0.15, 0.2) is 0 Å². The van der Waals surface area contributed by atoms with Crippen LogP contribution in [0, 0.1) is 0 Å². The van der Waals surface area contributed by atoms with Crippen molar-refractivity contribution in [2.75, 3.05) is 22.1 Å². The van der Waals surface area contributed by atoms with Gasteiger partial charge in [0.2, 0.25) is 11.8 Å². The van der Waals surface area contributed by atoms with Crippen LogP contribution in [0.5, 0.6) is 0 Å². The number of carbonyl (C=O) groups is 4. The van der Waals surface area contributed by atoms with Gasteiger partial charge < -0.3 is 15.4 Å². The van der Waals surface area contributed by atoms with Crippen molar-refractivity contribution in [1.29, 1.82) is 0 Å². The van der Waals surface area contributed by atoms with Crippen molar-refractivity contribution in [1.82, 2.24) is 0 Å². The molecule has 3 aromatic rings. The van der Waals surface area contributed by atoms with Crippen LogP contribution in [0.25, 0.3) is 6.08 Å². The van der Waals surface area contributed by atoms with Crippen molar-refractivity contribution >= 4 is 46.8 Å². The van der Waals surface area contributed by atoms with Gasteiger partial charge in [-0.25, -0.2) is 4.79 Å². The predicted octanol–water partition coefficient (Wildman–Crippen LogP) is 4.26. The van der Waals surface area contributed by atoms with Gasteiger partial charge in [0.05, 0.1) is 30.0 Å². The highest BCUT2D eigenvalue weighted by molar-refractivity contribution is 6.16. The molecule has 0 aliphatic carbocycles. The minimum atomic E-state index is -1.05. The van der Waals surface area contributed by atoms with Crippen molar-refractivity contribution in [2.24, 2.45) is 0 Å². The summed E-state index contributed by atoms with van der Waals surface area (Å²) in [5.74, 6) is -1.78. The van der Waals surface area contributed by atoms with Crippen LogP contribution in [0.1, 0.15) is 29.3 Å². The summed E-state index contributed by atoms with van der Waals surface area (Å²) in [4.78, 5) is 52.3. The molecule has 0 saturated heterocycles. The minimum absolute atomic E-state index is 0.259. The van der Waals surface area contributed by atoms with Crippen molar-refractivity contribution in [3.05, 3.63) is 96.1 Å². The standard InChI is InChI=1S/C28H25N3O5/c1-2-36-28(35)20-13-15-21(16-14-20)29-25(32)18-24-27(34)30-22-10-6-7-11-23(22)31(24)26(33)17-12-19-8-4-3-5-9-19/h3-17,24H,2,18H2,1H3,(H,29,32)(H,30,34)/b17-12+/t24-/m0/s1. The molecule has 4 rings (SSSR count). The Morgan fingerprint density at radius 3 is 2.39 bits per heavy atom. The van der Waals surface area contributed by atoms with Gasteiger partial charge in [0.25, 0.3) is 5.91 Å². The van der Waals surface area contributed by atoms with Gasteiger partial charge in [-0.15, -0.1) is 0 Å². The lowest BCUT2D eigenvalue weighted by atomic mass is 10.0. The van der Waals surface area contributed by atoms with Crippen LogP contribution in [-0.2, 0) is 19.1 Å². The largest absolute Gasteiger partial charge is 0.462 e. The molecule has 2 N–H and O–H groups in total. The van der Waals surface area contributed by atoms with E-state index in [9.17, 15) is 19.2 Å². The van der Waals surface area contributed by atoms with Gasteiger partial charge in [-0.05, 0) is 55.0 Å². The van der Waals surface area contributed by atoms with E-state index in [0.29, 0.717) is 22.6 Å². The molecule has 0 saturated carbocycles. The fraction of sp³-hybridized carbons (Fsp3) is 0.143. The first-order chi connectivity index (χ1) is 17.5. The molecule has 3 aromatic carbocycles. The summed E-state index contributed by atoms with van der Waals surface area (Å²) >= 11 is 0. The van der Waals surface area contributed by atoms with Gasteiger partial charge in [0.1, 0.15) is 6.04 Å². The molecule has 0 fully saturated rings. The molecule has 1 atom stereocenters. The molecule has 1 aliphatic rings. The highest BCUT2D eigenvalue weighted by Crippen LogP contribution is 2.33. The molecular formula is C28H25N3O5. The number of nitrogens with zero attached hydrogens (tertiary/aromatic N) is 1. The summed E-state index contributed by atoms with van der Waals surface area (Å²) in [6.45, 7) is 1.98. The molecule has 182 valence electrons. The van der Waals surface area contributed by atoms with E-state index in [1.54, 1.807) is 61.5 Å². The second-order valence-corrected chi connectivity index (χ2v) is 8.02. The van der Waals surface area contributed by atoms with Gasteiger partial charge in [-0.3, -0.25) is 19.3 Å². The first-order valence-electron chi connectivity index (χ1n) is 11.5. The Morgan fingerprint density at radius 1 is 0.972 bits per heavy atom. The molecule has 0 unspecified atom stereocenters. The lowest BCUT2D eigenvalue weighted by Crippen LogP contribution is -2.52. The molecule has 0 radical (unpaired) electrons. The Morgan fingerprint density at radius 2 is 1.67 bits per heavy atom. The molecular weight excluding hydrogens is 458 g/mol. The topological polar surface area (TPSA) is 105 Å². The van der Waals surface area contributed by atoms with Gasteiger partial charge in [-0.1, -0.05) is 42.5 Å². The van der Waals surface area contributed by atoms with E-state index in [0.717, 1.165) is 5.56 Å². The third-order valence-corrected chi connectivity index (χ3v) is 5.55. The summed E-state index contributed by atoms with van der Waals surface area (Å²) in [6.07, 6.45) is 2.80. The van der Waals surface area contributed by atoms with Crippen LogP contribution < -0.4 is 15.5 Å². The Kier molecular flexibility index (Phi) is 7.55. The molecule has 1 aliphatic heterocycles. The number of esters is 1. The zero-order valence-corrected chi connectivity index (χ0v) is 19.6. The first-order valence-corrected chi connectivity index (χ1v) is 11.5. The second-order valence-electron chi connectivity index (χ2n) is 8.02. The number of fused-ring (bicyclic) bond motifs is 1. The van der Waals surface area contributed by atoms with E-state index in [4.69, 9.17) is 4.74 Å². The Balaban J connectivity index is 1.53. The van der Waals surface area contributed by atoms with Crippen LogP contribution in [0.2, 0.25) is 0 Å². The number of amides is 3. The number of carbonyl (C=O) groups excluding carboxylic acids is 4. The second kappa shape index (κ2) is 11.1. The molecule has 36 heavy (non-hydrogen) atoms. The summed E-state index contributed by atoms with van der Waals surface area (Å²) in [5, 5.41) is 5.50. The number of hydrogen-bond acceptors (Lipinski definition) is 5. The average molecular weight is 484 g/mol. The number of hydrogen-bond donors (Lipinski definition) is 2. The van der Waals surface area contributed by atoms with E-state index in [-0.39, 0.29) is 13.0 Å². The molecule has 3 amide bonds. The van der Waals surface area contributed by atoms with Gasteiger partial charge >= 0.3 is 5.97 Å². The number of anilines is 3. The molecule has 0 spiro atoms. The lowest BCUT2D eigenvalue weighted by Gasteiger charge is -2.35. The zero-order chi connectivity index (χ0) is 25.5. The van der Waals surface area contributed by atoms with E-state index in [1.165, 1.54) is 11.0 Å². The number of benzene rings is 3. The maximum Gasteiger partial charge on any atom is 0.338 e. The van der Waals surface area contributed by atoms with Crippen molar-refractivity contribution in [3.63, 3.8) is 0 Å². The summed E-state index contributed by atoms with van der Waals surface area (Å²) < 4.78 is 4.96. The smallest absolute Gasteiger partial charge is 0.338 e. The molecule has 0 bridgehead atoms. The summed E-state index contributed by atoms with van der Waals surface area (Å²) in [6, 6.07) is 21.5. The SMILES string of the molecule is CCOC(=O)c1ccc(NC(=O)C[C@H]2C(=O)Nc3ccccc3N2C(=O)/C=C/c2ccccc2)cc1. The van der Waals surface area contributed by atoms with E-state index < -0.39 is 29.7 Å². The third kappa shape index (κ3) is 5.67. The van der Waals surface area contributed by atoms with Gasteiger partial charge in [0, 0.05) is 11.8 Å². The predicted molar refractivity (Wildman–Crippen MR) is 137 cm³/mol. The lowest BCUT2D eigenvalue weighted by molar-refractivity contribution is -0.124. The summed E-state index contributed by atoms with van der Waals surface area (Å²) in [7, 11) is 0.